The molecular formula is C14H26F3N3O. The molecular weight excluding hydrogens is 283 g/mol. The molecule has 0 bridgehead atoms. The number of alkyl halides is 3. The second-order valence-electron chi connectivity index (χ2n) is 6.36. The van der Waals surface area contributed by atoms with Crippen LogP contribution in [0, 0.1) is 5.41 Å². The SMILES string of the molecule is CCNC(=NCC(O)C(F)(F)F)NC1CCC(C)(C)CC1. The number of rotatable bonds is 4. The fourth-order valence-electron chi connectivity index (χ4n) is 2.34. The normalized spacial score (nSPS) is 22.0. The van der Waals surface area contributed by atoms with Crippen LogP contribution in [0.15, 0.2) is 4.99 Å². The van der Waals surface area contributed by atoms with Crippen LogP contribution in [0.1, 0.15) is 46.5 Å². The Bertz CT molecular complexity index is 346. The van der Waals surface area contributed by atoms with Crippen LogP contribution >= 0.6 is 0 Å². The van der Waals surface area contributed by atoms with Crippen LogP contribution in [-0.2, 0) is 0 Å². The molecule has 1 aliphatic carbocycles. The Morgan fingerprint density at radius 3 is 2.38 bits per heavy atom. The van der Waals surface area contributed by atoms with Crippen molar-refractivity contribution in [1.82, 2.24) is 10.6 Å². The van der Waals surface area contributed by atoms with Crippen molar-refractivity contribution in [2.24, 2.45) is 10.4 Å². The molecule has 1 rings (SSSR count). The summed E-state index contributed by atoms with van der Waals surface area (Å²) in [5.74, 6) is 0.338. The molecule has 1 atom stereocenters. The second-order valence-corrected chi connectivity index (χ2v) is 6.36. The van der Waals surface area contributed by atoms with Gasteiger partial charge >= 0.3 is 6.18 Å². The highest BCUT2D eigenvalue weighted by Gasteiger charge is 2.38. The van der Waals surface area contributed by atoms with Gasteiger partial charge in [0.15, 0.2) is 12.1 Å². The highest BCUT2D eigenvalue weighted by molar-refractivity contribution is 5.80. The third-order valence-electron chi connectivity index (χ3n) is 3.82. The number of aliphatic hydroxyl groups excluding tert-OH is 1. The zero-order valence-corrected chi connectivity index (χ0v) is 12.9. The molecule has 0 heterocycles. The van der Waals surface area contributed by atoms with Crippen molar-refractivity contribution in [2.75, 3.05) is 13.1 Å². The Balaban J connectivity index is 2.53. The van der Waals surface area contributed by atoms with Crippen molar-refractivity contribution in [3.63, 3.8) is 0 Å². The van der Waals surface area contributed by atoms with Crippen LogP contribution in [0.5, 0.6) is 0 Å². The summed E-state index contributed by atoms with van der Waals surface area (Å²) in [6.45, 7) is 6.18. The van der Waals surface area contributed by atoms with Crippen molar-refractivity contribution in [3.8, 4) is 0 Å². The maximum Gasteiger partial charge on any atom is 0.416 e. The summed E-state index contributed by atoms with van der Waals surface area (Å²) in [6.07, 6.45) is -2.95. The average Bonchev–Trinajstić information content (AvgIpc) is 2.37. The summed E-state index contributed by atoms with van der Waals surface area (Å²) in [4.78, 5) is 3.83. The first-order chi connectivity index (χ1) is 9.64. The minimum Gasteiger partial charge on any atom is -0.382 e. The van der Waals surface area contributed by atoms with Crippen LogP contribution in [0.3, 0.4) is 0 Å². The van der Waals surface area contributed by atoms with Crippen molar-refractivity contribution in [2.45, 2.75) is 64.8 Å². The number of nitrogens with zero attached hydrogens (tertiary/aromatic N) is 1. The molecule has 3 N–H and O–H groups in total. The van der Waals surface area contributed by atoms with Crippen LogP contribution in [0.2, 0.25) is 0 Å². The van der Waals surface area contributed by atoms with Crippen LogP contribution < -0.4 is 10.6 Å². The molecule has 124 valence electrons. The van der Waals surface area contributed by atoms with Gasteiger partial charge in [0.1, 0.15) is 0 Å². The van der Waals surface area contributed by atoms with Crippen LogP contribution in [0.4, 0.5) is 13.2 Å². The predicted molar refractivity (Wildman–Crippen MR) is 77.2 cm³/mol. The van der Waals surface area contributed by atoms with Crippen molar-refractivity contribution >= 4 is 5.96 Å². The van der Waals surface area contributed by atoms with Gasteiger partial charge in [0.2, 0.25) is 0 Å². The average molecular weight is 309 g/mol. The molecule has 0 spiro atoms. The quantitative estimate of drug-likeness (QED) is 0.552. The maximum absolute atomic E-state index is 12.3. The van der Waals surface area contributed by atoms with Crippen molar-refractivity contribution in [1.29, 1.82) is 0 Å². The van der Waals surface area contributed by atoms with Gasteiger partial charge in [-0.2, -0.15) is 13.2 Å². The fraction of sp³-hybridized carbons (Fsp3) is 0.929. The molecule has 7 heteroatoms. The Hall–Kier alpha value is -0.980. The Labute approximate surface area is 124 Å². The zero-order chi connectivity index (χ0) is 16.1. The highest BCUT2D eigenvalue weighted by Crippen LogP contribution is 2.34. The molecule has 0 aromatic heterocycles. The molecule has 0 aromatic carbocycles. The van der Waals surface area contributed by atoms with Gasteiger partial charge in [0, 0.05) is 12.6 Å². The van der Waals surface area contributed by atoms with Crippen LogP contribution in [-0.4, -0.2) is 42.5 Å². The number of hydrogen-bond donors (Lipinski definition) is 3. The van der Waals surface area contributed by atoms with E-state index >= 15 is 0 Å². The van der Waals surface area contributed by atoms with E-state index in [0.717, 1.165) is 25.7 Å². The van der Waals surface area contributed by atoms with E-state index in [-0.39, 0.29) is 6.04 Å². The number of aliphatic hydroxyl groups is 1. The minimum atomic E-state index is -4.63. The molecule has 1 saturated carbocycles. The van der Waals surface area contributed by atoms with Gasteiger partial charge in [-0.1, -0.05) is 13.8 Å². The van der Waals surface area contributed by atoms with E-state index in [1.54, 1.807) is 0 Å². The Kier molecular flexibility index (Phi) is 6.31. The van der Waals surface area contributed by atoms with E-state index in [9.17, 15) is 13.2 Å². The lowest BCUT2D eigenvalue weighted by Gasteiger charge is -2.35. The van der Waals surface area contributed by atoms with Gasteiger partial charge < -0.3 is 15.7 Å². The molecule has 1 fully saturated rings. The lowest BCUT2D eigenvalue weighted by Crippen LogP contribution is -2.46. The van der Waals surface area contributed by atoms with Gasteiger partial charge in [-0.15, -0.1) is 0 Å². The smallest absolute Gasteiger partial charge is 0.382 e. The molecule has 0 radical (unpaired) electrons. The lowest BCUT2D eigenvalue weighted by atomic mass is 9.75. The predicted octanol–water partition coefficient (Wildman–Crippen LogP) is 2.43. The molecule has 1 unspecified atom stereocenters. The number of nitrogens with one attached hydrogen (secondary N) is 2. The minimum absolute atomic E-state index is 0.221. The summed E-state index contributed by atoms with van der Waals surface area (Å²) >= 11 is 0. The summed E-state index contributed by atoms with van der Waals surface area (Å²) in [5, 5.41) is 15.1. The second kappa shape index (κ2) is 7.33. The number of aliphatic imine (C=N–C) groups is 1. The van der Waals surface area contributed by atoms with E-state index in [4.69, 9.17) is 5.11 Å². The monoisotopic (exact) mass is 309 g/mol. The molecule has 0 amide bonds. The van der Waals surface area contributed by atoms with Gasteiger partial charge in [0.25, 0.3) is 0 Å². The van der Waals surface area contributed by atoms with E-state index in [1.165, 1.54) is 0 Å². The summed E-state index contributed by atoms with van der Waals surface area (Å²) in [6, 6.07) is 0.221. The first-order valence-corrected chi connectivity index (χ1v) is 7.43. The largest absolute Gasteiger partial charge is 0.416 e. The van der Waals surface area contributed by atoms with E-state index in [0.29, 0.717) is 17.9 Å². The molecule has 0 aliphatic heterocycles. The van der Waals surface area contributed by atoms with Crippen molar-refractivity contribution < 1.29 is 18.3 Å². The first-order valence-electron chi connectivity index (χ1n) is 7.43. The fourth-order valence-corrected chi connectivity index (χ4v) is 2.34. The first kappa shape index (κ1) is 18.1. The van der Waals surface area contributed by atoms with E-state index < -0.39 is 18.8 Å². The lowest BCUT2D eigenvalue weighted by molar-refractivity contribution is -0.199. The molecule has 21 heavy (non-hydrogen) atoms. The number of guanidine groups is 1. The summed E-state index contributed by atoms with van der Waals surface area (Å²) in [5.41, 5.74) is 0.333. The van der Waals surface area contributed by atoms with E-state index in [1.807, 2.05) is 6.92 Å². The van der Waals surface area contributed by atoms with E-state index in [2.05, 4.69) is 29.5 Å². The standard InChI is InChI=1S/C14H26F3N3O/c1-4-18-12(19-9-11(21)14(15,16)17)20-10-5-7-13(2,3)8-6-10/h10-11,21H,4-9H2,1-3H3,(H2,18,19,20). The third-order valence-corrected chi connectivity index (χ3v) is 3.82. The van der Waals surface area contributed by atoms with Gasteiger partial charge in [-0.3, -0.25) is 4.99 Å². The topological polar surface area (TPSA) is 56.7 Å². The highest BCUT2D eigenvalue weighted by atomic mass is 19.4. The molecule has 1 aliphatic rings. The number of hydrogen-bond acceptors (Lipinski definition) is 2. The number of halogens is 3. The summed E-state index contributed by atoms with van der Waals surface area (Å²) < 4.78 is 36.8. The van der Waals surface area contributed by atoms with Gasteiger partial charge in [-0.05, 0) is 38.0 Å². The summed E-state index contributed by atoms with van der Waals surface area (Å²) in [7, 11) is 0. The van der Waals surface area contributed by atoms with Crippen LogP contribution in [0.25, 0.3) is 0 Å². The van der Waals surface area contributed by atoms with Crippen molar-refractivity contribution in [3.05, 3.63) is 0 Å². The Morgan fingerprint density at radius 2 is 1.90 bits per heavy atom. The van der Waals surface area contributed by atoms with Gasteiger partial charge in [-0.25, -0.2) is 0 Å². The molecule has 4 nitrogen and oxygen atoms in total. The Morgan fingerprint density at radius 1 is 1.33 bits per heavy atom. The molecule has 0 saturated heterocycles. The maximum atomic E-state index is 12.3. The van der Waals surface area contributed by atoms with Gasteiger partial charge in [0.05, 0.1) is 6.54 Å². The third kappa shape index (κ3) is 6.54. The zero-order valence-electron chi connectivity index (χ0n) is 12.9. The molecule has 0 aromatic rings.